The Labute approximate surface area is 96.9 Å². The first-order chi connectivity index (χ1) is 7.88. The summed E-state index contributed by atoms with van der Waals surface area (Å²) in [7, 11) is 0. The second-order valence-electron chi connectivity index (χ2n) is 5.05. The maximum absolute atomic E-state index is 4.61. The molecule has 0 amide bonds. The van der Waals surface area contributed by atoms with Crippen molar-refractivity contribution in [3.8, 4) is 0 Å². The van der Waals surface area contributed by atoms with Crippen LogP contribution >= 0.6 is 0 Å². The minimum absolute atomic E-state index is 0.656. The van der Waals surface area contributed by atoms with E-state index >= 15 is 0 Å². The highest BCUT2D eigenvalue weighted by Gasteiger charge is 2.40. The maximum Gasteiger partial charge on any atom is 0.0665 e. The van der Waals surface area contributed by atoms with Crippen LogP contribution in [0.2, 0.25) is 0 Å². The van der Waals surface area contributed by atoms with Gasteiger partial charge < -0.3 is 4.90 Å². The average molecular weight is 217 g/mol. The van der Waals surface area contributed by atoms with Crippen molar-refractivity contribution >= 4 is 0 Å². The summed E-state index contributed by atoms with van der Waals surface area (Å²) in [6, 6.07) is 0. The Kier molecular flexibility index (Phi) is 2.64. The molecule has 3 nitrogen and oxygen atoms in total. The van der Waals surface area contributed by atoms with E-state index < -0.39 is 0 Å². The molecule has 16 heavy (non-hydrogen) atoms. The average Bonchev–Trinajstić information content (AvgIpc) is 2.92. The second kappa shape index (κ2) is 4.13. The molecule has 0 radical (unpaired) electrons. The third-order valence-electron chi connectivity index (χ3n) is 3.98. The summed E-state index contributed by atoms with van der Waals surface area (Å²) in [5.41, 5.74) is 2.53. The predicted octanol–water partition coefficient (Wildman–Crippen LogP) is 1.85. The van der Waals surface area contributed by atoms with E-state index in [1.807, 2.05) is 12.4 Å². The smallest absolute Gasteiger partial charge is 0.0665 e. The molecule has 3 rings (SSSR count). The van der Waals surface area contributed by atoms with E-state index in [9.17, 15) is 0 Å². The minimum atomic E-state index is 0.656. The molecule has 1 aromatic rings. The van der Waals surface area contributed by atoms with Gasteiger partial charge >= 0.3 is 0 Å². The lowest BCUT2D eigenvalue weighted by Crippen LogP contribution is -2.23. The number of hydrogen-bond donors (Lipinski definition) is 0. The molecule has 3 unspecified atom stereocenters. The Morgan fingerprint density at radius 1 is 1.31 bits per heavy atom. The standard InChI is InChI=1S/C13H19N3/c1-2-3-12-13(15-6-5-14-12)11-9-16-7-4-10(11)8-16/h5-6,10-11H,2-4,7-9H2,1H3. The molecule has 3 heterocycles. The number of hydrogen-bond acceptors (Lipinski definition) is 3. The number of nitrogens with zero attached hydrogens (tertiary/aromatic N) is 3. The molecule has 2 bridgehead atoms. The zero-order valence-electron chi connectivity index (χ0n) is 9.89. The fraction of sp³-hybridized carbons (Fsp3) is 0.692. The van der Waals surface area contributed by atoms with Crippen LogP contribution in [0.1, 0.15) is 37.1 Å². The monoisotopic (exact) mass is 217 g/mol. The second-order valence-corrected chi connectivity index (χ2v) is 5.05. The summed E-state index contributed by atoms with van der Waals surface area (Å²) in [4.78, 5) is 11.7. The fourth-order valence-electron chi connectivity index (χ4n) is 3.21. The summed E-state index contributed by atoms with van der Waals surface area (Å²) >= 11 is 0. The first kappa shape index (κ1) is 10.2. The van der Waals surface area contributed by atoms with Gasteiger partial charge in [-0.15, -0.1) is 0 Å². The number of fused-ring (bicyclic) bond motifs is 2. The first-order valence-electron chi connectivity index (χ1n) is 6.40. The van der Waals surface area contributed by atoms with Gasteiger partial charge in [0.1, 0.15) is 0 Å². The summed E-state index contributed by atoms with van der Waals surface area (Å²) < 4.78 is 0. The van der Waals surface area contributed by atoms with Crippen LogP contribution in [0, 0.1) is 5.92 Å². The topological polar surface area (TPSA) is 29.0 Å². The zero-order valence-corrected chi connectivity index (χ0v) is 9.89. The molecule has 0 saturated carbocycles. The fourth-order valence-corrected chi connectivity index (χ4v) is 3.21. The van der Waals surface area contributed by atoms with E-state index in [2.05, 4.69) is 21.8 Å². The molecule has 2 fully saturated rings. The van der Waals surface area contributed by atoms with E-state index in [1.54, 1.807) is 0 Å². The van der Waals surface area contributed by atoms with Gasteiger partial charge in [-0.05, 0) is 25.3 Å². The van der Waals surface area contributed by atoms with Gasteiger partial charge in [0, 0.05) is 31.4 Å². The molecule has 0 aromatic carbocycles. The number of aryl methyl sites for hydroxylation is 1. The molecular weight excluding hydrogens is 198 g/mol. The van der Waals surface area contributed by atoms with Gasteiger partial charge in [0.15, 0.2) is 0 Å². The van der Waals surface area contributed by atoms with Crippen LogP contribution in [0.5, 0.6) is 0 Å². The van der Waals surface area contributed by atoms with Gasteiger partial charge in [-0.25, -0.2) is 0 Å². The lowest BCUT2D eigenvalue weighted by atomic mass is 9.88. The Morgan fingerprint density at radius 2 is 2.19 bits per heavy atom. The Bertz CT molecular complexity index is 377. The molecule has 1 aromatic heterocycles. The van der Waals surface area contributed by atoms with Crippen LogP contribution in [0.4, 0.5) is 0 Å². The van der Waals surface area contributed by atoms with Gasteiger partial charge in [0.05, 0.1) is 11.4 Å². The van der Waals surface area contributed by atoms with Crippen molar-refractivity contribution in [1.82, 2.24) is 14.9 Å². The molecule has 2 saturated heterocycles. The van der Waals surface area contributed by atoms with Gasteiger partial charge in [-0.3, -0.25) is 9.97 Å². The summed E-state index contributed by atoms with van der Waals surface area (Å²) in [5.74, 6) is 1.50. The van der Waals surface area contributed by atoms with Crippen molar-refractivity contribution in [2.45, 2.75) is 32.1 Å². The quantitative estimate of drug-likeness (QED) is 0.773. The maximum atomic E-state index is 4.61. The molecule has 86 valence electrons. The minimum Gasteiger partial charge on any atom is -0.302 e. The van der Waals surface area contributed by atoms with Crippen molar-refractivity contribution in [1.29, 1.82) is 0 Å². The Morgan fingerprint density at radius 3 is 2.88 bits per heavy atom. The molecule has 2 aliphatic rings. The van der Waals surface area contributed by atoms with E-state index in [1.165, 1.54) is 37.4 Å². The van der Waals surface area contributed by atoms with Gasteiger partial charge in [-0.1, -0.05) is 13.3 Å². The van der Waals surface area contributed by atoms with Crippen molar-refractivity contribution in [2.75, 3.05) is 19.6 Å². The van der Waals surface area contributed by atoms with Crippen LogP contribution < -0.4 is 0 Å². The van der Waals surface area contributed by atoms with E-state index in [0.717, 1.165) is 18.8 Å². The predicted molar refractivity (Wildman–Crippen MR) is 63.3 cm³/mol. The summed E-state index contributed by atoms with van der Waals surface area (Å²) in [6.07, 6.45) is 7.28. The van der Waals surface area contributed by atoms with E-state index in [-0.39, 0.29) is 0 Å². The van der Waals surface area contributed by atoms with Crippen LogP contribution in [0.25, 0.3) is 0 Å². The van der Waals surface area contributed by atoms with Crippen LogP contribution in [0.3, 0.4) is 0 Å². The molecular formula is C13H19N3. The highest BCUT2D eigenvalue weighted by Crippen LogP contribution is 2.39. The zero-order chi connectivity index (χ0) is 11.0. The number of piperidine rings is 1. The molecule has 0 aliphatic carbocycles. The Balaban J connectivity index is 1.88. The third-order valence-corrected chi connectivity index (χ3v) is 3.98. The van der Waals surface area contributed by atoms with Gasteiger partial charge in [-0.2, -0.15) is 0 Å². The molecule has 0 N–H and O–H groups in total. The van der Waals surface area contributed by atoms with Crippen molar-refractivity contribution in [3.05, 3.63) is 23.8 Å². The lowest BCUT2D eigenvalue weighted by Gasteiger charge is -2.22. The largest absolute Gasteiger partial charge is 0.302 e. The number of aromatic nitrogens is 2. The van der Waals surface area contributed by atoms with Crippen LogP contribution in [-0.4, -0.2) is 34.5 Å². The van der Waals surface area contributed by atoms with Gasteiger partial charge in [0.25, 0.3) is 0 Å². The van der Waals surface area contributed by atoms with E-state index in [4.69, 9.17) is 0 Å². The third kappa shape index (κ3) is 1.63. The lowest BCUT2D eigenvalue weighted by molar-refractivity contribution is 0.342. The highest BCUT2D eigenvalue weighted by molar-refractivity contribution is 5.20. The van der Waals surface area contributed by atoms with Gasteiger partial charge in [0.2, 0.25) is 0 Å². The van der Waals surface area contributed by atoms with E-state index in [0.29, 0.717) is 5.92 Å². The SMILES string of the molecule is CCCc1nccnc1C1CN2CCC1C2. The molecule has 0 spiro atoms. The number of rotatable bonds is 3. The van der Waals surface area contributed by atoms with Crippen molar-refractivity contribution < 1.29 is 0 Å². The summed E-state index contributed by atoms with van der Waals surface area (Å²) in [6.45, 7) is 6.00. The van der Waals surface area contributed by atoms with Crippen LogP contribution in [-0.2, 0) is 6.42 Å². The Hall–Kier alpha value is -0.960. The first-order valence-corrected chi connectivity index (χ1v) is 6.40. The van der Waals surface area contributed by atoms with Crippen molar-refractivity contribution in [3.63, 3.8) is 0 Å². The van der Waals surface area contributed by atoms with Crippen molar-refractivity contribution in [2.24, 2.45) is 5.92 Å². The highest BCUT2D eigenvalue weighted by atomic mass is 15.2. The van der Waals surface area contributed by atoms with Crippen LogP contribution in [0.15, 0.2) is 12.4 Å². The molecule has 2 aliphatic heterocycles. The normalized spacial score (nSPS) is 32.2. The molecule has 3 heteroatoms. The molecule has 3 atom stereocenters. The summed E-state index contributed by atoms with van der Waals surface area (Å²) in [5, 5.41) is 0.